The first-order chi connectivity index (χ1) is 11.6. The zero-order valence-electron chi connectivity index (χ0n) is 13.3. The molecule has 0 N–H and O–H groups in total. The number of benzene rings is 2. The predicted molar refractivity (Wildman–Crippen MR) is 86.7 cm³/mol. The Kier molecular flexibility index (Phi) is 3.30. The molecule has 5 heteroatoms. The van der Waals surface area contributed by atoms with Crippen LogP contribution in [0.25, 0.3) is 22.3 Å². The highest BCUT2D eigenvalue weighted by Crippen LogP contribution is 2.42. The van der Waals surface area contributed by atoms with Gasteiger partial charge < -0.3 is 13.9 Å². The van der Waals surface area contributed by atoms with E-state index in [4.69, 9.17) is 13.9 Å². The lowest BCUT2D eigenvalue weighted by atomic mass is 9.99. The van der Waals surface area contributed by atoms with Crippen molar-refractivity contribution in [2.45, 2.75) is 19.4 Å². The van der Waals surface area contributed by atoms with Crippen molar-refractivity contribution in [3.05, 3.63) is 53.3 Å². The molecule has 1 unspecified atom stereocenters. The third-order valence-corrected chi connectivity index (χ3v) is 4.24. The first kappa shape index (κ1) is 14.8. The van der Waals surface area contributed by atoms with E-state index in [-0.39, 0.29) is 11.9 Å². The Labute approximate surface area is 137 Å². The molecule has 122 valence electrons. The number of hydrogen-bond donors (Lipinski definition) is 0. The second kappa shape index (κ2) is 5.37. The summed E-state index contributed by atoms with van der Waals surface area (Å²) in [6.07, 6.45) is 0.735. The molecular formula is C19H15FO4. The van der Waals surface area contributed by atoms with E-state index in [1.54, 1.807) is 18.2 Å². The topological polar surface area (TPSA) is 48.7 Å². The molecule has 3 aromatic rings. The van der Waals surface area contributed by atoms with Crippen LogP contribution < -0.4 is 4.74 Å². The minimum absolute atomic E-state index is 0.0419. The summed E-state index contributed by atoms with van der Waals surface area (Å²) in [7, 11) is 1.33. The number of halogens is 1. The average Bonchev–Trinajstić information content (AvgIpc) is 3.14. The van der Waals surface area contributed by atoms with Gasteiger partial charge in [-0.1, -0.05) is 0 Å². The van der Waals surface area contributed by atoms with Gasteiger partial charge in [0.25, 0.3) is 0 Å². The fourth-order valence-electron chi connectivity index (χ4n) is 3.20. The van der Waals surface area contributed by atoms with Crippen molar-refractivity contribution in [2.75, 3.05) is 7.11 Å². The van der Waals surface area contributed by atoms with Crippen LogP contribution in [0.2, 0.25) is 0 Å². The molecule has 0 spiro atoms. The molecule has 1 aliphatic rings. The van der Waals surface area contributed by atoms with E-state index >= 15 is 0 Å². The highest BCUT2D eigenvalue weighted by atomic mass is 19.1. The fraction of sp³-hybridized carbons (Fsp3) is 0.211. The first-order valence-electron chi connectivity index (χ1n) is 7.67. The molecule has 2 aromatic carbocycles. The van der Waals surface area contributed by atoms with Crippen molar-refractivity contribution in [1.82, 2.24) is 0 Å². The van der Waals surface area contributed by atoms with Gasteiger partial charge in [0.2, 0.25) is 0 Å². The van der Waals surface area contributed by atoms with Crippen LogP contribution in [0.4, 0.5) is 4.39 Å². The van der Waals surface area contributed by atoms with Crippen molar-refractivity contribution in [3.8, 4) is 17.1 Å². The SMILES string of the molecule is COC(=O)c1c(-c2ccc(F)cc2)oc2ccc3c(c12)CC(C)O3. The van der Waals surface area contributed by atoms with Crippen LogP contribution in [0.5, 0.6) is 5.75 Å². The van der Waals surface area contributed by atoms with Crippen LogP contribution >= 0.6 is 0 Å². The maximum atomic E-state index is 13.2. The maximum Gasteiger partial charge on any atom is 0.342 e. The van der Waals surface area contributed by atoms with Crippen LogP contribution in [0.15, 0.2) is 40.8 Å². The van der Waals surface area contributed by atoms with Crippen molar-refractivity contribution < 1.29 is 23.1 Å². The van der Waals surface area contributed by atoms with Gasteiger partial charge in [-0.05, 0) is 43.3 Å². The van der Waals surface area contributed by atoms with Crippen molar-refractivity contribution >= 4 is 16.9 Å². The van der Waals surface area contributed by atoms with E-state index in [2.05, 4.69) is 0 Å². The number of esters is 1. The van der Waals surface area contributed by atoms with Gasteiger partial charge in [0.1, 0.15) is 34.6 Å². The third kappa shape index (κ3) is 2.16. The molecular weight excluding hydrogens is 311 g/mol. The number of methoxy groups -OCH3 is 1. The smallest absolute Gasteiger partial charge is 0.342 e. The van der Waals surface area contributed by atoms with E-state index in [9.17, 15) is 9.18 Å². The number of carbonyl (C=O) groups is 1. The van der Waals surface area contributed by atoms with Crippen LogP contribution in [0.1, 0.15) is 22.8 Å². The molecule has 0 aliphatic carbocycles. The summed E-state index contributed by atoms with van der Waals surface area (Å²) >= 11 is 0. The monoisotopic (exact) mass is 326 g/mol. The number of fused-ring (bicyclic) bond motifs is 3. The Morgan fingerprint density at radius 2 is 1.96 bits per heavy atom. The van der Waals surface area contributed by atoms with Crippen LogP contribution in [0.3, 0.4) is 0 Å². The Balaban J connectivity index is 2.03. The number of furan rings is 1. The zero-order chi connectivity index (χ0) is 16.8. The molecule has 0 saturated carbocycles. The van der Waals surface area contributed by atoms with Gasteiger partial charge in [0.05, 0.1) is 7.11 Å². The molecule has 4 nitrogen and oxygen atoms in total. The third-order valence-electron chi connectivity index (χ3n) is 4.24. The normalized spacial score (nSPS) is 16.0. The van der Waals surface area contributed by atoms with E-state index in [1.165, 1.54) is 19.2 Å². The van der Waals surface area contributed by atoms with Crippen molar-refractivity contribution in [2.24, 2.45) is 0 Å². The summed E-state index contributed by atoms with van der Waals surface area (Å²) in [6.45, 7) is 1.98. The summed E-state index contributed by atoms with van der Waals surface area (Å²) in [5.41, 5.74) is 2.51. The second-order valence-corrected chi connectivity index (χ2v) is 5.85. The van der Waals surface area contributed by atoms with Gasteiger partial charge in [0.15, 0.2) is 0 Å². The molecule has 1 aromatic heterocycles. The minimum Gasteiger partial charge on any atom is -0.490 e. The zero-order valence-corrected chi connectivity index (χ0v) is 13.3. The standard InChI is InChI=1S/C19H15FO4/c1-10-9-13-14(23-10)7-8-15-16(13)17(19(21)22-2)18(24-15)11-3-5-12(20)6-4-11/h3-8,10H,9H2,1-2H3. The lowest BCUT2D eigenvalue weighted by molar-refractivity contribution is 0.0603. The van der Waals surface area contributed by atoms with Crippen LogP contribution in [-0.2, 0) is 11.2 Å². The Bertz CT molecular complexity index is 940. The van der Waals surface area contributed by atoms with Gasteiger partial charge in [-0.2, -0.15) is 0 Å². The van der Waals surface area contributed by atoms with Crippen molar-refractivity contribution in [3.63, 3.8) is 0 Å². The van der Waals surface area contributed by atoms with E-state index in [0.717, 1.165) is 11.3 Å². The molecule has 1 atom stereocenters. The minimum atomic E-state index is -0.485. The lowest BCUT2D eigenvalue weighted by Crippen LogP contribution is -2.06. The summed E-state index contributed by atoms with van der Waals surface area (Å²) in [5, 5.41) is 0.711. The van der Waals surface area contributed by atoms with Crippen LogP contribution in [0, 0.1) is 5.82 Å². The average molecular weight is 326 g/mol. The molecule has 0 amide bonds. The van der Waals surface area contributed by atoms with E-state index < -0.39 is 5.97 Å². The van der Waals surface area contributed by atoms with Gasteiger partial charge in [-0.3, -0.25) is 0 Å². The number of ether oxygens (including phenoxy) is 2. The van der Waals surface area contributed by atoms with Gasteiger partial charge in [-0.15, -0.1) is 0 Å². The Morgan fingerprint density at radius 1 is 1.21 bits per heavy atom. The molecule has 1 aliphatic heterocycles. The number of carbonyl (C=O) groups excluding carboxylic acids is 1. The molecule has 2 heterocycles. The molecule has 24 heavy (non-hydrogen) atoms. The van der Waals surface area contributed by atoms with Crippen molar-refractivity contribution in [1.29, 1.82) is 0 Å². The predicted octanol–water partition coefficient (Wildman–Crippen LogP) is 4.35. The molecule has 0 bridgehead atoms. The quantitative estimate of drug-likeness (QED) is 0.657. The van der Waals surface area contributed by atoms with E-state index in [0.29, 0.717) is 34.3 Å². The van der Waals surface area contributed by atoms with Crippen LogP contribution in [-0.4, -0.2) is 19.2 Å². The summed E-state index contributed by atoms with van der Waals surface area (Å²) in [4.78, 5) is 12.4. The highest BCUT2D eigenvalue weighted by molar-refractivity contribution is 6.10. The number of rotatable bonds is 2. The Hall–Kier alpha value is -2.82. The van der Waals surface area contributed by atoms with Gasteiger partial charge in [0, 0.05) is 22.9 Å². The molecule has 4 rings (SSSR count). The molecule has 0 radical (unpaired) electrons. The maximum absolute atomic E-state index is 13.2. The highest BCUT2D eigenvalue weighted by Gasteiger charge is 2.30. The number of hydrogen-bond acceptors (Lipinski definition) is 4. The Morgan fingerprint density at radius 3 is 2.67 bits per heavy atom. The van der Waals surface area contributed by atoms with E-state index in [1.807, 2.05) is 13.0 Å². The first-order valence-corrected chi connectivity index (χ1v) is 7.67. The summed E-state index contributed by atoms with van der Waals surface area (Å²) in [5.74, 6) is 0.301. The van der Waals surface area contributed by atoms with Gasteiger partial charge >= 0.3 is 5.97 Å². The summed E-state index contributed by atoms with van der Waals surface area (Å²) < 4.78 is 29.9. The molecule has 0 saturated heterocycles. The summed E-state index contributed by atoms with van der Waals surface area (Å²) in [6, 6.07) is 9.46. The van der Waals surface area contributed by atoms with Gasteiger partial charge in [-0.25, -0.2) is 9.18 Å². The fourth-order valence-corrected chi connectivity index (χ4v) is 3.20. The second-order valence-electron chi connectivity index (χ2n) is 5.85. The molecule has 0 fully saturated rings. The lowest BCUT2D eigenvalue weighted by Gasteiger charge is -2.03. The largest absolute Gasteiger partial charge is 0.490 e.